The molecule has 1 aliphatic rings. The second kappa shape index (κ2) is 7.09. The molecule has 3 nitrogen and oxygen atoms in total. The Labute approximate surface area is 112 Å². The minimum Gasteiger partial charge on any atom is -0.301 e. The van der Waals surface area contributed by atoms with Gasteiger partial charge < -0.3 is 4.90 Å². The Hall–Kier alpha value is -0.450. The number of hydrogen-bond acceptors (Lipinski definition) is 3. The highest BCUT2D eigenvalue weighted by Crippen LogP contribution is 2.08. The highest BCUT2D eigenvalue weighted by Gasteiger charge is 2.14. The van der Waals surface area contributed by atoms with E-state index < -0.39 is 0 Å². The normalized spacial score (nSPS) is 19.1. The Kier molecular flexibility index (Phi) is 5.42. The zero-order chi connectivity index (χ0) is 11.9. The zero-order valence-corrected chi connectivity index (χ0v) is 11.8. The van der Waals surface area contributed by atoms with E-state index in [1.54, 1.807) is 0 Å². The van der Waals surface area contributed by atoms with Gasteiger partial charge in [0, 0.05) is 43.9 Å². The van der Waals surface area contributed by atoms with Crippen LogP contribution in [0, 0.1) is 0 Å². The second-order valence-corrected chi connectivity index (χ2v) is 5.31. The molecule has 0 unspecified atom stereocenters. The van der Waals surface area contributed by atoms with Gasteiger partial charge in [-0.1, -0.05) is 22.0 Å². The highest BCUT2D eigenvalue weighted by molar-refractivity contribution is 9.09. The van der Waals surface area contributed by atoms with Gasteiger partial charge in [-0.3, -0.25) is 9.88 Å². The smallest absolute Gasteiger partial charge is 0.0312 e. The minimum absolute atomic E-state index is 1.04. The van der Waals surface area contributed by atoms with Gasteiger partial charge in [0.05, 0.1) is 0 Å². The van der Waals surface area contributed by atoms with Crippen LogP contribution in [0.3, 0.4) is 0 Å². The molecule has 0 bridgehead atoms. The molecule has 2 rings (SSSR count). The molecule has 17 heavy (non-hydrogen) atoms. The van der Waals surface area contributed by atoms with Gasteiger partial charge in [-0.2, -0.15) is 0 Å². The SMILES string of the molecule is BrCCN1CCCN(Cc2cccnc2)CC1. The average Bonchev–Trinajstić information content (AvgIpc) is 2.57. The zero-order valence-electron chi connectivity index (χ0n) is 10.2. The molecule has 0 spiro atoms. The van der Waals surface area contributed by atoms with Gasteiger partial charge in [0.15, 0.2) is 0 Å². The van der Waals surface area contributed by atoms with Crippen molar-refractivity contribution in [3.05, 3.63) is 30.1 Å². The van der Waals surface area contributed by atoms with Gasteiger partial charge >= 0.3 is 0 Å². The van der Waals surface area contributed by atoms with Crippen molar-refractivity contribution in [2.75, 3.05) is 38.1 Å². The first kappa shape index (κ1) is 13.0. The van der Waals surface area contributed by atoms with E-state index in [0.29, 0.717) is 0 Å². The molecule has 94 valence electrons. The van der Waals surface area contributed by atoms with E-state index in [1.807, 2.05) is 18.5 Å². The molecule has 0 aliphatic carbocycles. The summed E-state index contributed by atoms with van der Waals surface area (Å²) in [6.45, 7) is 6.99. The summed E-state index contributed by atoms with van der Waals surface area (Å²) < 4.78 is 0. The lowest BCUT2D eigenvalue weighted by atomic mass is 10.2. The predicted octanol–water partition coefficient (Wildman–Crippen LogP) is 1.98. The lowest BCUT2D eigenvalue weighted by Crippen LogP contribution is -2.31. The first-order valence-corrected chi connectivity index (χ1v) is 7.40. The van der Waals surface area contributed by atoms with Crippen LogP contribution in [0.1, 0.15) is 12.0 Å². The van der Waals surface area contributed by atoms with Gasteiger partial charge in [-0.15, -0.1) is 0 Å². The number of nitrogens with zero attached hydrogens (tertiary/aromatic N) is 3. The van der Waals surface area contributed by atoms with Gasteiger partial charge in [0.25, 0.3) is 0 Å². The van der Waals surface area contributed by atoms with Crippen molar-refractivity contribution in [3.8, 4) is 0 Å². The van der Waals surface area contributed by atoms with Crippen LogP contribution in [0.4, 0.5) is 0 Å². The molecular weight excluding hydrogens is 278 g/mol. The maximum Gasteiger partial charge on any atom is 0.0312 e. The molecular formula is C13H20BrN3. The molecule has 4 heteroatoms. The van der Waals surface area contributed by atoms with E-state index in [9.17, 15) is 0 Å². The quantitative estimate of drug-likeness (QED) is 0.793. The maximum atomic E-state index is 4.17. The predicted molar refractivity (Wildman–Crippen MR) is 74.4 cm³/mol. The number of aromatic nitrogens is 1. The van der Waals surface area contributed by atoms with Crippen LogP contribution in [0.15, 0.2) is 24.5 Å². The summed E-state index contributed by atoms with van der Waals surface area (Å²) >= 11 is 3.52. The first-order valence-electron chi connectivity index (χ1n) is 6.28. The van der Waals surface area contributed by atoms with E-state index in [2.05, 4.69) is 36.8 Å². The Morgan fingerprint density at radius 2 is 2.00 bits per heavy atom. The van der Waals surface area contributed by atoms with Crippen molar-refractivity contribution in [2.45, 2.75) is 13.0 Å². The first-order chi connectivity index (χ1) is 8.38. The van der Waals surface area contributed by atoms with E-state index in [1.165, 1.54) is 44.7 Å². The van der Waals surface area contributed by atoms with Crippen LogP contribution in [0.5, 0.6) is 0 Å². The third-order valence-corrected chi connectivity index (χ3v) is 3.57. The summed E-state index contributed by atoms with van der Waals surface area (Å²) in [4.78, 5) is 9.25. The van der Waals surface area contributed by atoms with Crippen molar-refractivity contribution in [1.29, 1.82) is 0 Å². The Balaban J connectivity index is 1.83. The van der Waals surface area contributed by atoms with Gasteiger partial charge in [0.2, 0.25) is 0 Å². The fourth-order valence-electron chi connectivity index (χ4n) is 2.28. The number of rotatable bonds is 4. The van der Waals surface area contributed by atoms with E-state index in [4.69, 9.17) is 0 Å². The fourth-order valence-corrected chi connectivity index (χ4v) is 2.78. The summed E-state index contributed by atoms with van der Waals surface area (Å²) in [5.74, 6) is 0. The Morgan fingerprint density at radius 3 is 2.76 bits per heavy atom. The topological polar surface area (TPSA) is 19.4 Å². The largest absolute Gasteiger partial charge is 0.301 e. The lowest BCUT2D eigenvalue weighted by molar-refractivity contribution is 0.258. The standard InChI is InChI=1S/C13H20BrN3/c14-4-8-16-6-2-7-17(10-9-16)12-13-3-1-5-15-11-13/h1,3,5,11H,2,4,6-10,12H2. The van der Waals surface area contributed by atoms with Crippen molar-refractivity contribution in [1.82, 2.24) is 14.8 Å². The highest BCUT2D eigenvalue weighted by atomic mass is 79.9. The van der Waals surface area contributed by atoms with Crippen molar-refractivity contribution in [3.63, 3.8) is 0 Å². The maximum absolute atomic E-state index is 4.17. The number of pyridine rings is 1. The molecule has 0 amide bonds. The lowest BCUT2D eigenvalue weighted by Gasteiger charge is -2.21. The number of alkyl halides is 1. The van der Waals surface area contributed by atoms with Crippen molar-refractivity contribution in [2.24, 2.45) is 0 Å². The van der Waals surface area contributed by atoms with Crippen LogP contribution in [0.25, 0.3) is 0 Å². The molecule has 1 aromatic heterocycles. The molecule has 1 aromatic rings. The van der Waals surface area contributed by atoms with Crippen molar-refractivity contribution < 1.29 is 0 Å². The van der Waals surface area contributed by atoms with Crippen molar-refractivity contribution >= 4 is 15.9 Å². The molecule has 2 heterocycles. The molecule has 0 saturated carbocycles. The summed E-state index contributed by atoms with van der Waals surface area (Å²) in [6.07, 6.45) is 5.08. The van der Waals surface area contributed by atoms with Crippen LogP contribution in [-0.4, -0.2) is 52.8 Å². The summed E-state index contributed by atoms with van der Waals surface area (Å²) in [5, 5.41) is 1.08. The van der Waals surface area contributed by atoms with Crippen LogP contribution < -0.4 is 0 Å². The molecule has 0 radical (unpaired) electrons. The molecule has 1 aliphatic heterocycles. The third-order valence-electron chi connectivity index (χ3n) is 3.21. The average molecular weight is 298 g/mol. The van der Waals surface area contributed by atoms with Gasteiger partial charge in [-0.25, -0.2) is 0 Å². The van der Waals surface area contributed by atoms with Gasteiger partial charge in [0.1, 0.15) is 0 Å². The summed E-state index contributed by atoms with van der Waals surface area (Å²) in [7, 11) is 0. The molecule has 1 saturated heterocycles. The Morgan fingerprint density at radius 1 is 1.18 bits per heavy atom. The minimum atomic E-state index is 1.04. The monoisotopic (exact) mass is 297 g/mol. The fraction of sp³-hybridized carbons (Fsp3) is 0.615. The van der Waals surface area contributed by atoms with E-state index in [0.717, 1.165) is 11.9 Å². The summed E-state index contributed by atoms with van der Waals surface area (Å²) in [5.41, 5.74) is 1.32. The van der Waals surface area contributed by atoms with E-state index >= 15 is 0 Å². The third kappa shape index (κ3) is 4.37. The van der Waals surface area contributed by atoms with Crippen LogP contribution in [-0.2, 0) is 6.54 Å². The van der Waals surface area contributed by atoms with E-state index in [-0.39, 0.29) is 0 Å². The van der Waals surface area contributed by atoms with Crippen LogP contribution in [0.2, 0.25) is 0 Å². The number of hydrogen-bond donors (Lipinski definition) is 0. The molecule has 0 aromatic carbocycles. The molecule has 1 fully saturated rings. The number of halogens is 1. The summed E-state index contributed by atoms with van der Waals surface area (Å²) in [6, 6.07) is 4.18. The van der Waals surface area contributed by atoms with Crippen LogP contribution >= 0.6 is 15.9 Å². The molecule has 0 atom stereocenters. The van der Waals surface area contributed by atoms with Gasteiger partial charge in [-0.05, 0) is 31.1 Å². The molecule has 0 N–H and O–H groups in total. The Bertz CT molecular complexity index is 318. The second-order valence-electron chi connectivity index (χ2n) is 4.52.